The van der Waals surface area contributed by atoms with E-state index in [-0.39, 0.29) is 30.1 Å². The molecule has 0 unspecified atom stereocenters. The number of ether oxygens (including phenoxy) is 1. The number of amides is 3. The Labute approximate surface area is 158 Å². The highest BCUT2D eigenvalue weighted by atomic mass is 16.5. The summed E-state index contributed by atoms with van der Waals surface area (Å²) in [4.78, 5) is 40.4. The number of carbonyl (C=O) groups excluding carboxylic acids is 3. The Hall–Kier alpha value is -2.57. The maximum absolute atomic E-state index is 12.6. The van der Waals surface area contributed by atoms with Crippen molar-refractivity contribution in [3.05, 3.63) is 23.8 Å². The van der Waals surface area contributed by atoms with Crippen LogP contribution in [0.1, 0.15) is 31.2 Å². The molecule has 0 atom stereocenters. The zero-order valence-corrected chi connectivity index (χ0v) is 15.4. The van der Waals surface area contributed by atoms with Crippen LogP contribution in [0.15, 0.2) is 18.2 Å². The molecule has 0 spiro atoms. The summed E-state index contributed by atoms with van der Waals surface area (Å²) in [5, 5.41) is 2.82. The van der Waals surface area contributed by atoms with Crippen LogP contribution in [0.3, 0.4) is 0 Å². The van der Waals surface area contributed by atoms with Crippen LogP contribution < -0.4 is 10.1 Å². The van der Waals surface area contributed by atoms with Gasteiger partial charge in [-0.3, -0.25) is 14.4 Å². The summed E-state index contributed by atoms with van der Waals surface area (Å²) in [6.07, 6.45) is 3.78. The predicted molar refractivity (Wildman–Crippen MR) is 99.4 cm³/mol. The number of nitrogens with one attached hydrogen (secondary N) is 1. The van der Waals surface area contributed by atoms with Gasteiger partial charge in [-0.2, -0.15) is 0 Å². The highest BCUT2D eigenvalue weighted by Gasteiger charge is 2.32. The van der Waals surface area contributed by atoms with Crippen molar-refractivity contribution in [3.63, 3.8) is 0 Å². The highest BCUT2D eigenvalue weighted by molar-refractivity contribution is 5.93. The summed E-state index contributed by atoms with van der Waals surface area (Å²) in [6, 6.07) is 5.48. The van der Waals surface area contributed by atoms with Gasteiger partial charge in [0.05, 0.1) is 25.1 Å². The largest absolute Gasteiger partial charge is 0.491 e. The minimum Gasteiger partial charge on any atom is -0.491 e. The number of nitrogens with zero attached hydrogens (tertiary/aromatic N) is 2. The van der Waals surface area contributed by atoms with E-state index in [1.54, 1.807) is 6.07 Å². The quantitative estimate of drug-likeness (QED) is 0.872. The maximum atomic E-state index is 12.6. The fraction of sp³-hybridized carbons (Fsp3) is 0.550. The van der Waals surface area contributed by atoms with Crippen molar-refractivity contribution in [2.45, 2.75) is 32.1 Å². The van der Waals surface area contributed by atoms with Crippen molar-refractivity contribution in [1.29, 1.82) is 0 Å². The van der Waals surface area contributed by atoms with E-state index >= 15 is 0 Å². The van der Waals surface area contributed by atoms with Gasteiger partial charge in [0, 0.05) is 32.1 Å². The molecule has 7 heteroatoms. The Kier molecular flexibility index (Phi) is 5.01. The van der Waals surface area contributed by atoms with Gasteiger partial charge in [-0.05, 0) is 30.5 Å². The lowest BCUT2D eigenvalue weighted by molar-refractivity contribution is -0.143. The van der Waals surface area contributed by atoms with Crippen LogP contribution in [0, 0.1) is 5.92 Å². The molecule has 1 N–H and O–H groups in total. The number of carbonyl (C=O) groups is 3. The standard InChI is InChI=1S/C20H25N3O4/c24-18-6-11-27-17-5-4-14(12-16(17)21-18)13-19(25)22-7-9-23(10-8-22)20(26)15-2-1-3-15/h4-5,12,15H,1-3,6-11,13H2,(H,21,24). The van der Waals surface area contributed by atoms with Crippen molar-refractivity contribution in [1.82, 2.24) is 9.80 Å². The van der Waals surface area contributed by atoms with E-state index in [2.05, 4.69) is 5.32 Å². The van der Waals surface area contributed by atoms with Gasteiger partial charge >= 0.3 is 0 Å². The van der Waals surface area contributed by atoms with Crippen molar-refractivity contribution < 1.29 is 19.1 Å². The van der Waals surface area contributed by atoms with Crippen molar-refractivity contribution in [2.75, 3.05) is 38.1 Å². The number of rotatable bonds is 3. The molecule has 0 aromatic heterocycles. The Morgan fingerprint density at radius 3 is 2.56 bits per heavy atom. The molecular weight excluding hydrogens is 346 g/mol. The van der Waals surface area contributed by atoms with E-state index in [1.807, 2.05) is 21.9 Å². The van der Waals surface area contributed by atoms with Gasteiger partial charge in [0.25, 0.3) is 0 Å². The molecule has 1 aromatic carbocycles. The first kappa shape index (κ1) is 17.8. The smallest absolute Gasteiger partial charge is 0.227 e. The lowest BCUT2D eigenvalue weighted by Gasteiger charge is -2.38. The second-order valence-corrected chi connectivity index (χ2v) is 7.49. The van der Waals surface area contributed by atoms with E-state index in [1.165, 1.54) is 0 Å². The zero-order valence-electron chi connectivity index (χ0n) is 15.4. The number of hydrogen-bond acceptors (Lipinski definition) is 4. The average Bonchev–Trinajstić information content (AvgIpc) is 2.80. The molecule has 0 bridgehead atoms. The van der Waals surface area contributed by atoms with Gasteiger partial charge in [-0.1, -0.05) is 12.5 Å². The van der Waals surface area contributed by atoms with Crippen LogP contribution in [0.4, 0.5) is 5.69 Å². The van der Waals surface area contributed by atoms with Crippen LogP contribution in [-0.4, -0.2) is 60.3 Å². The SMILES string of the molecule is O=C1CCOc2ccc(CC(=O)N3CCN(C(=O)C4CCC4)CC3)cc2N1. The van der Waals surface area contributed by atoms with Crippen molar-refractivity contribution >= 4 is 23.4 Å². The van der Waals surface area contributed by atoms with E-state index < -0.39 is 0 Å². The van der Waals surface area contributed by atoms with E-state index in [0.29, 0.717) is 50.6 Å². The molecule has 1 saturated carbocycles. The molecular formula is C20H25N3O4. The van der Waals surface area contributed by atoms with Crippen LogP contribution in [-0.2, 0) is 20.8 Å². The van der Waals surface area contributed by atoms with E-state index in [4.69, 9.17) is 4.74 Å². The molecule has 7 nitrogen and oxygen atoms in total. The molecule has 0 radical (unpaired) electrons. The molecule has 2 heterocycles. The first-order valence-electron chi connectivity index (χ1n) is 9.72. The zero-order chi connectivity index (χ0) is 18.8. The number of fused-ring (bicyclic) bond motifs is 1. The van der Waals surface area contributed by atoms with Crippen LogP contribution in [0.2, 0.25) is 0 Å². The molecule has 1 aliphatic carbocycles. The number of anilines is 1. The summed E-state index contributed by atoms with van der Waals surface area (Å²) in [5.41, 5.74) is 1.47. The first-order chi connectivity index (χ1) is 13.1. The third-order valence-corrected chi connectivity index (χ3v) is 5.66. The Bertz CT molecular complexity index is 752. The fourth-order valence-electron chi connectivity index (χ4n) is 3.75. The third-order valence-electron chi connectivity index (χ3n) is 5.66. The minimum absolute atomic E-state index is 0.0477. The van der Waals surface area contributed by atoms with Crippen LogP contribution in [0.5, 0.6) is 5.75 Å². The summed E-state index contributed by atoms with van der Waals surface area (Å²) in [6.45, 7) is 2.77. The van der Waals surface area contributed by atoms with Gasteiger partial charge in [0.2, 0.25) is 17.7 Å². The molecule has 1 aromatic rings. The van der Waals surface area contributed by atoms with Gasteiger partial charge in [-0.15, -0.1) is 0 Å². The highest BCUT2D eigenvalue weighted by Crippen LogP contribution is 2.29. The average molecular weight is 371 g/mol. The summed E-state index contributed by atoms with van der Waals surface area (Å²) in [5.74, 6) is 1.08. The molecule has 2 fully saturated rings. The van der Waals surface area contributed by atoms with Gasteiger partial charge in [0.1, 0.15) is 5.75 Å². The molecule has 1 saturated heterocycles. The Morgan fingerprint density at radius 1 is 1.11 bits per heavy atom. The van der Waals surface area contributed by atoms with Crippen molar-refractivity contribution in [2.24, 2.45) is 5.92 Å². The molecule has 3 aliphatic rings. The normalized spacial score (nSPS) is 20.1. The van der Waals surface area contributed by atoms with Gasteiger partial charge in [-0.25, -0.2) is 0 Å². The van der Waals surface area contributed by atoms with E-state index in [9.17, 15) is 14.4 Å². The summed E-state index contributed by atoms with van der Waals surface area (Å²) >= 11 is 0. The lowest BCUT2D eigenvalue weighted by Crippen LogP contribution is -2.52. The second-order valence-electron chi connectivity index (χ2n) is 7.49. The van der Waals surface area contributed by atoms with Gasteiger partial charge < -0.3 is 19.9 Å². The monoisotopic (exact) mass is 371 g/mol. The second kappa shape index (κ2) is 7.58. The molecule has 144 valence electrons. The number of benzene rings is 1. The minimum atomic E-state index is -0.0792. The van der Waals surface area contributed by atoms with Gasteiger partial charge in [0.15, 0.2) is 0 Å². The summed E-state index contributed by atoms with van der Waals surface area (Å²) in [7, 11) is 0. The molecule has 2 aliphatic heterocycles. The fourth-order valence-corrected chi connectivity index (χ4v) is 3.75. The Morgan fingerprint density at radius 2 is 1.85 bits per heavy atom. The number of piperazine rings is 1. The molecule has 4 rings (SSSR count). The van der Waals surface area contributed by atoms with Crippen LogP contribution >= 0.6 is 0 Å². The molecule has 27 heavy (non-hydrogen) atoms. The van der Waals surface area contributed by atoms with Crippen LogP contribution in [0.25, 0.3) is 0 Å². The van der Waals surface area contributed by atoms with Crippen molar-refractivity contribution in [3.8, 4) is 5.75 Å². The Balaban J connectivity index is 1.33. The topological polar surface area (TPSA) is 79.0 Å². The number of hydrogen-bond donors (Lipinski definition) is 1. The summed E-state index contributed by atoms with van der Waals surface area (Å²) < 4.78 is 5.55. The lowest BCUT2D eigenvalue weighted by atomic mass is 9.84. The van der Waals surface area contributed by atoms with E-state index in [0.717, 1.165) is 24.8 Å². The maximum Gasteiger partial charge on any atom is 0.227 e. The third kappa shape index (κ3) is 3.91. The molecule has 3 amide bonds. The first-order valence-corrected chi connectivity index (χ1v) is 9.72. The predicted octanol–water partition coefficient (Wildman–Crippen LogP) is 1.42.